The molecule has 0 radical (unpaired) electrons. The lowest BCUT2D eigenvalue weighted by Crippen LogP contribution is -2.31. The van der Waals surface area contributed by atoms with Crippen LogP contribution in [0.25, 0.3) is 5.76 Å². The number of Topliss-reactive ketones (excluding diaryl/α,β-unsaturated/α-hetero) is 1. The molecular formula is C27H32FNO4. The zero-order chi connectivity index (χ0) is 23.8. The van der Waals surface area contributed by atoms with E-state index in [0.717, 1.165) is 32.1 Å². The number of ether oxygens (including phenoxy) is 1. The second-order valence-corrected chi connectivity index (χ2v) is 8.30. The van der Waals surface area contributed by atoms with Crippen LogP contribution in [0.15, 0.2) is 54.1 Å². The number of carbonyl (C=O) groups excluding carboxylic acids is 2. The van der Waals surface area contributed by atoms with Gasteiger partial charge in [-0.05, 0) is 43.2 Å². The molecule has 6 heteroatoms. The van der Waals surface area contributed by atoms with Gasteiger partial charge in [-0.3, -0.25) is 9.59 Å². The Kier molecular flexibility index (Phi) is 8.64. The first-order valence-corrected chi connectivity index (χ1v) is 11.8. The fourth-order valence-corrected chi connectivity index (χ4v) is 4.07. The first-order chi connectivity index (χ1) is 16.0. The third-order valence-corrected chi connectivity index (χ3v) is 5.89. The van der Waals surface area contributed by atoms with Crippen LogP contribution in [-0.4, -0.2) is 34.8 Å². The third-order valence-electron chi connectivity index (χ3n) is 5.89. The molecule has 33 heavy (non-hydrogen) atoms. The van der Waals surface area contributed by atoms with E-state index in [1.54, 1.807) is 42.5 Å². The minimum absolute atomic E-state index is 0.0850. The van der Waals surface area contributed by atoms with E-state index in [9.17, 15) is 19.1 Å². The summed E-state index contributed by atoms with van der Waals surface area (Å²) in [5, 5.41) is 11.1. The zero-order valence-electron chi connectivity index (χ0n) is 19.4. The Morgan fingerprint density at radius 1 is 0.970 bits per heavy atom. The van der Waals surface area contributed by atoms with E-state index in [0.29, 0.717) is 30.9 Å². The molecule has 1 heterocycles. The van der Waals surface area contributed by atoms with Gasteiger partial charge in [0.15, 0.2) is 0 Å². The fourth-order valence-electron chi connectivity index (χ4n) is 4.07. The maximum atomic E-state index is 14.8. The highest BCUT2D eigenvalue weighted by atomic mass is 19.1. The van der Waals surface area contributed by atoms with E-state index in [4.69, 9.17) is 4.74 Å². The summed E-state index contributed by atoms with van der Waals surface area (Å²) in [6.07, 6.45) is 5.68. The van der Waals surface area contributed by atoms with Crippen molar-refractivity contribution >= 4 is 17.4 Å². The summed E-state index contributed by atoms with van der Waals surface area (Å²) in [7, 11) is 0. The number of hydrogen-bond donors (Lipinski definition) is 1. The third kappa shape index (κ3) is 5.62. The van der Waals surface area contributed by atoms with Crippen LogP contribution in [0.4, 0.5) is 4.39 Å². The molecule has 3 rings (SSSR count). The summed E-state index contributed by atoms with van der Waals surface area (Å²) in [5.41, 5.74) is 0.493. The van der Waals surface area contributed by atoms with Crippen molar-refractivity contribution in [1.82, 2.24) is 4.90 Å². The summed E-state index contributed by atoms with van der Waals surface area (Å²) >= 11 is 0. The van der Waals surface area contributed by atoms with Crippen LogP contribution < -0.4 is 4.74 Å². The van der Waals surface area contributed by atoms with Crippen LogP contribution in [0.1, 0.15) is 69.5 Å². The summed E-state index contributed by atoms with van der Waals surface area (Å²) in [6.45, 7) is 5.09. The molecule has 0 saturated carbocycles. The number of likely N-dealkylation sites (tertiary alicyclic amines) is 1. The smallest absolute Gasteiger partial charge is 0.295 e. The van der Waals surface area contributed by atoms with E-state index < -0.39 is 23.5 Å². The lowest BCUT2D eigenvalue weighted by Gasteiger charge is -2.25. The maximum absolute atomic E-state index is 14.8. The van der Waals surface area contributed by atoms with Gasteiger partial charge in [-0.2, -0.15) is 0 Å². The van der Waals surface area contributed by atoms with Crippen molar-refractivity contribution < 1.29 is 23.8 Å². The van der Waals surface area contributed by atoms with Gasteiger partial charge in [-0.25, -0.2) is 4.39 Å². The minimum atomic E-state index is -0.965. The molecule has 2 aromatic rings. The molecule has 0 aromatic heterocycles. The molecule has 1 saturated heterocycles. The van der Waals surface area contributed by atoms with Crippen molar-refractivity contribution in [2.45, 2.75) is 58.4 Å². The number of carbonyl (C=O) groups is 2. The predicted octanol–water partition coefficient (Wildman–Crippen LogP) is 6.01. The van der Waals surface area contributed by atoms with Crippen LogP contribution in [0.3, 0.4) is 0 Å². The number of unbranched alkanes of at least 4 members (excludes halogenated alkanes) is 4. The van der Waals surface area contributed by atoms with E-state index >= 15 is 0 Å². The Morgan fingerprint density at radius 3 is 2.30 bits per heavy atom. The molecular weight excluding hydrogens is 421 g/mol. The summed E-state index contributed by atoms with van der Waals surface area (Å²) < 4.78 is 20.5. The number of aliphatic hydroxyl groups is 1. The Labute approximate surface area is 194 Å². The van der Waals surface area contributed by atoms with Gasteiger partial charge < -0.3 is 14.7 Å². The average Bonchev–Trinajstić information content (AvgIpc) is 3.07. The van der Waals surface area contributed by atoms with Crippen molar-refractivity contribution in [2.24, 2.45) is 0 Å². The molecule has 176 valence electrons. The monoisotopic (exact) mass is 453 g/mol. The number of nitrogens with zero attached hydrogens (tertiary/aromatic N) is 1. The normalized spacial score (nSPS) is 17.5. The zero-order valence-corrected chi connectivity index (χ0v) is 19.4. The number of amides is 1. The first-order valence-electron chi connectivity index (χ1n) is 11.8. The number of benzene rings is 2. The SMILES string of the molecule is CCCCCOc1ccc(/C(O)=C2/C(=O)C(=O)N(CCCCC)C2c2ccccc2F)cc1. The lowest BCUT2D eigenvalue weighted by atomic mass is 9.95. The number of halogens is 1. The molecule has 1 aliphatic heterocycles. The molecule has 1 N–H and O–H groups in total. The van der Waals surface area contributed by atoms with Gasteiger partial charge in [-0.15, -0.1) is 0 Å². The highest BCUT2D eigenvalue weighted by Gasteiger charge is 2.46. The van der Waals surface area contributed by atoms with E-state index in [-0.39, 0.29) is 16.9 Å². The van der Waals surface area contributed by atoms with Crippen molar-refractivity contribution in [2.75, 3.05) is 13.2 Å². The Bertz CT molecular complexity index is 999. The second-order valence-electron chi connectivity index (χ2n) is 8.30. The van der Waals surface area contributed by atoms with Crippen molar-refractivity contribution in [3.63, 3.8) is 0 Å². The second kappa shape index (κ2) is 11.6. The van der Waals surface area contributed by atoms with E-state index in [1.165, 1.54) is 11.0 Å². The van der Waals surface area contributed by atoms with Crippen LogP contribution in [-0.2, 0) is 9.59 Å². The van der Waals surface area contributed by atoms with Gasteiger partial charge in [-0.1, -0.05) is 57.7 Å². The Hall–Kier alpha value is -3.15. The van der Waals surface area contributed by atoms with Gasteiger partial charge in [0.25, 0.3) is 11.7 Å². The largest absolute Gasteiger partial charge is 0.507 e. The number of aliphatic hydroxyl groups excluding tert-OH is 1. The van der Waals surface area contributed by atoms with Gasteiger partial charge in [0.2, 0.25) is 0 Å². The van der Waals surface area contributed by atoms with Gasteiger partial charge in [0.1, 0.15) is 17.3 Å². The molecule has 2 aromatic carbocycles. The molecule has 0 spiro atoms. The number of hydrogen-bond acceptors (Lipinski definition) is 4. The first kappa shape index (κ1) is 24.5. The molecule has 0 aliphatic carbocycles. The Balaban J connectivity index is 1.96. The van der Waals surface area contributed by atoms with Crippen LogP contribution in [0.5, 0.6) is 5.75 Å². The van der Waals surface area contributed by atoms with Gasteiger partial charge in [0, 0.05) is 17.7 Å². The Morgan fingerprint density at radius 2 is 1.64 bits per heavy atom. The van der Waals surface area contributed by atoms with Crippen molar-refractivity contribution in [1.29, 1.82) is 0 Å². The molecule has 1 aliphatic rings. The van der Waals surface area contributed by atoms with E-state index in [1.807, 2.05) is 6.92 Å². The summed E-state index contributed by atoms with van der Waals surface area (Å²) in [5.74, 6) is -1.68. The fraction of sp³-hybridized carbons (Fsp3) is 0.407. The minimum Gasteiger partial charge on any atom is -0.507 e. The molecule has 1 amide bonds. The molecule has 0 bridgehead atoms. The molecule has 1 atom stereocenters. The number of rotatable bonds is 11. The maximum Gasteiger partial charge on any atom is 0.295 e. The van der Waals surface area contributed by atoms with Gasteiger partial charge in [0.05, 0.1) is 18.2 Å². The molecule has 1 unspecified atom stereocenters. The molecule has 5 nitrogen and oxygen atoms in total. The lowest BCUT2D eigenvalue weighted by molar-refractivity contribution is -0.139. The van der Waals surface area contributed by atoms with Crippen LogP contribution in [0, 0.1) is 5.82 Å². The highest BCUT2D eigenvalue weighted by molar-refractivity contribution is 6.46. The topological polar surface area (TPSA) is 66.8 Å². The van der Waals surface area contributed by atoms with E-state index in [2.05, 4.69) is 6.92 Å². The quantitative estimate of drug-likeness (QED) is 0.196. The summed E-state index contributed by atoms with van der Waals surface area (Å²) in [6, 6.07) is 11.8. The highest BCUT2D eigenvalue weighted by Crippen LogP contribution is 2.40. The van der Waals surface area contributed by atoms with Crippen LogP contribution in [0.2, 0.25) is 0 Å². The summed E-state index contributed by atoms with van der Waals surface area (Å²) in [4.78, 5) is 27.2. The standard InChI is InChI=1S/C27H32FNO4/c1-3-5-9-17-29-24(21-11-7-8-12-22(21)28)23(26(31)27(29)32)25(30)19-13-15-20(16-14-19)33-18-10-6-4-2/h7-8,11-16,24,30H,3-6,9-10,17-18H2,1-2H3/b25-23-. The van der Waals surface area contributed by atoms with Gasteiger partial charge >= 0.3 is 0 Å². The molecule has 1 fully saturated rings. The van der Waals surface area contributed by atoms with Crippen molar-refractivity contribution in [3.05, 3.63) is 71.0 Å². The van der Waals surface area contributed by atoms with Crippen LogP contribution >= 0.6 is 0 Å². The predicted molar refractivity (Wildman–Crippen MR) is 126 cm³/mol. The number of ketones is 1. The van der Waals surface area contributed by atoms with Crippen molar-refractivity contribution in [3.8, 4) is 5.75 Å². The average molecular weight is 454 g/mol.